The van der Waals surface area contributed by atoms with Gasteiger partial charge in [-0.25, -0.2) is 4.98 Å². The van der Waals surface area contributed by atoms with Crippen LogP contribution in [0.25, 0.3) is 0 Å². The molecule has 0 radical (unpaired) electrons. The van der Waals surface area contributed by atoms with E-state index < -0.39 is 0 Å². The lowest BCUT2D eigenvalue weighted by molar-refractivity contribution is 0.0366. The lowest BCUT2D eigenvalue weighted by Crippen LogP contribution is -2.37. The molecule has 4 nitrogen and oxygen atoms in total. The number of piperidine rings is 1. The van der Waals surface area contributed by atoms with Crippen LogP contribution in [0.3, 0.4) is 0 Å². The van der Waals surface area contributed by atoms with Crippen LogP contribution in [0.5, 0.6) is 0 Å². The summed E-state index contributed by atoms with van der Waals surface area (Å²) in [5.41, 5.74) is 6.63. The summed E-state index contributed by atoms with van der Waals surface area (Å²) in [5.74, 6) is 0. The third-order valence-corrected chi connectivity index (χ3v) is 4.57. The Balaban J connectivity index is 1.79. The molecule has 1 aliphatic rings. The number of hydrogen-bond acceptors (Lipinski definition) is 5. The summed E-state index contributed by atoms with van der Waals surface area (Å²) in [5, 5.41) is 1.17. The number of aromatic nitrogens is 1. The predicted octanol–water partition coefficient (Wildman–Crippen LogP) is 2.09. The van der Waals surface area contributed by atoms with Crippen LogP contribution in [0, 0.1) is 13.8 Å². The Hall–Kier alpha value is -0.650. The number of hydrogen-bond donors (Lipinski definition) is 1. The molecule has 0 unspecified atom stereocenters. The summed E-state index contributed by atoms with van der Waals surface area (Å²) in [6.45, 7) is 7.85. The van der Waals surface area contributed by atoms with Gasteiger partial charge in [0, 0.05) is 24.6 Å². The van der Waals surface area contributed by atoms with Crippen molar-refractivity contribution in [3.05, 3.63) is 10.6 Å². The minimum absolute atomic E-state index is 0.412. The topological polar surface area (TPSA) is 51.4 Å². The van der Waals surface area contributed by atoms with Crippen molar-refractivity contribution in [1.29, 1.82) is 0 Å². The predicted molar refractivity (Wildman–Crippen MR) is 76.4 cm³/mol. The highest BCUT2D eigenvalue weighted by Crippen LogP contribution is 2.28. The van der Waals surface area contributed by atoms with Gasteiger partial charge in [-0.2, -0.15) is 0 Å². The molecule has 2 N–H and O–H groups in total. The van der Waals surface area contributed by atoms with E-state index >= 15 is 0 Å². The van der Waals surface area contributed by atoms with Gasteiger partial charge in [0.25, 0.3) is 0 Å². The van der Waals surface area contributed by atoms with Crippen molar-refractivity contribution in [2.75, 3.05) is 31.1 Å². The summed E-state index contributed by atoms with van der Waals surface area (Å²) in [6.07, 6.45) is 3.57. The first-order chi connectivity index (χ1) is 8.70. The van der Waals surface area contributed by atoms with Crippen LogP contribution in [0.2, 0.25) is 0 Å². The van der Waals surface area contributed by atoms with Crippen molar-refractivity contribution in [2.45, 2.75) is 39.2 Å². The zero-order valence-corrected chi connectivity index (χ0v) is 12.1. The fourth-order valence-electron chi connectivity index (χ4n) is 2.14. The molecule has 0 saturated carbocycles. The van der Waals surface area contributed by atoms with Crippen LogP contribution in [0.15, 0.2) is 0 Å². The summed E-state index contributed by atoms with van der Waals surface area (Å²) < 4.78 is 5.81. The van der Waals surface area contributed by atoms with E-state index in [1.807, 2.05) is 0 Å². The van der Waals surface area contributed by atoms with E-state index in [1.54, 1.807) is 11.3 Å². The molecule has 0 bridgehead atoms. The maximum Gasteiger partial charge on any atom is 0.185 e. The molecule has 1 fully saturated rings. The molecular formula is C13H23N3OS. The van der Waals surface area contributed by atoms with E-state index in [1.165, 1.54) is 10.0 Å². The average molecular weight is 269 g/mol. The normalized spacial score (nSPS) is 17.4. The van der Waals surface area contributed by atoms with Gasteiger partial charge in [0.2, 0.25) is 0 Å². The third-order valence-electron chi connectivity index (χ3n) is 3.43. The number of rotatable bonds is 5. The first-order valence-corrected chi connectivity index (χ1v) is 7.53. The average Bonchev–Trinajstić information content (AvgIpc) is 2.71. The van der Waals surface area contributed by atoms with Crippen molar-refractivity contribution in [3.8, 4) is 0 Å². The third kappa shape index (κ3) is 3.43. The van der Waals surface area contributed by atoms with Crippen LogP contribution in [0.1, 0.15) is 29.8 Å². The zero-order chi connectivity index (χ0) is 13.0. The Morgan fingerprint density at radius 2 is 2.11 bits per heavy atom. The van der Waals surface area contributed by atoms with Gasteiger partial charge in [0.1, 0.15) is 0 Å². The summed E-state index contributed by atoms with van der Waals surface area (Å²) in [6, 6.07) is 0. The minimum Gasteiger partial charge on any atom is -0.378 e. The van der Waals surface area contributed by atoms with Gasteiger partial charge in [0.15, 0.2) is 5.13 Å². The van der Waals surface area contributed by atoms with Crippen LogP contribution in [0.4, 0.5) is 5.13 Å². The molecular weight excluding hydrogens is 246 g/mol. The summed E-state index contributed by atoms with van der Waals surface area (Å²) in [7, 11) is 0. The van der Waals surface area contributed by atoms with Crippen molar-refractivity contribution >= 4 is 16.5 Å². The Morgan fingerprint density at radius 1 is 1.39 bits per heavy atom. The SMILES string of the molecule is Cc1nc(N2CCC(OCCCN)CC2)sc1C. The zero-order valence-electron chi connectivity index (χ0n) is 11.3. The number of nitrogens with two attached hydrogens (primary N) is 1. The van der Waals surface area contributed by atoms with Crippen LogP contribution in [-0.4, -0.2) is 37.3 Å². The number of ether oxygens (including phenoxy) is 1. The molecule has 1 saturated heterocycles. The summed E-state index contributed by atoms with van der Waals surface area (Å²) in [4.78, 5) is 8.33. The number of aryl methyl sites for hydroxylation is 2. The van der Waals surface area contributed by atoms with Crippen LogP contribution >= 0.6 is 11.3 Å². The summed E-state index contributed by atoms with van der Waals surface area (Å²) >= 11 is 1.80. The van der Waals surface area contributed by atoms with Gasteiger partial charge in [-0.15, -0.1) is 11.3 Å². The Bertz CT molecular complexity index is 353. The van der Waals surface area contributed by atoms with Crippen molar-refractivity contribution in [1.82, 2.24) is 4.98 Å². The molecule has 0 aromatic carbocycles. The second-order valence-electron chi connectivity index (χ2n) is 4.84. The van der Waals surface area contributed by atoms with Gasteiger partial charge >= 0.3 is 0 Å². The van der Waals surface area contributed by atoms with Crippen LogP contribution in [-0.2, 0) is 4.74 Å². The van der Waals surface area contributed by atoms with Crippen molar-refractivity contribution in [2.24, 2.45) is 5.73 Å². The second-order valence-corrected chi connectivity index (χ2v) is 6.02. The minimum atomic E-state index is 0.412. The molecule has 2 rings (SSSR count). The smallest absolute Gasteiger partial charge is 0.185 e. The standard InChI is InChI=1S/C13H23N3OS/c1-10-11(2)18-13(15-10)16-7-4-12(5-8-16)17-9-3-6-14/h12H,3-9,14H2,1-2H3. The molecule has 0 spiro atoms. The molecule has 1 aliphatic heterocycles. The maximum absolute atomic E-state index is 5.81. The van der Waals surface area contributed by atoms with Crippen LogP contribution < -0.4 is 10.6 Å². The van der Waals surface area contributed by atoms with E-state index in [0.29, 0.717) is 6.10 Å². The van der Waals surface area contributed by atoms with Crippen molar-refractivity contribution in [3.63, 3.8) is 0 Å². The highest BCUT2D eigenvalue weighted by molar-refractivity contribution is 7.15. The van der Waals surface area contributed by atoms with E-state index in [-0.39, 0.29) is 0 Å². The molecule has 2 heterocycles. The Labute approximate surface area is 113 Å². The van der Waals surface area contributed by atoms with Gasteiger partial charge in [-0.05, 0) is 39.7 Å². The largest absolute Gasteiger partial charge is 0.378 e. The quantitative estimate of drug-likeness (QED) is 0.832. The Morgan fingerprint density at radius 3 is 2.67 bits per heavy atom. The number of nitrogens with zero attached hydrogens (tertiary/aromatic N) is 2. The van der Waals surface area contributed by atoms with E-state index in [2.05, 4.69) is 23.7 Å². The molecule has 0 amide bonds. The number of anilines is 1. The van der Waals surface area contributed by atoms with E-state index in [0.717, 1.165) is 51.2 Å². The fourth-order valence-corrected chi connectivity index (χ4v) is 3.10. The molecule has 1 aromatic rings. The Kier molecular flexibility index (Phi) is 4.97. The lowest BCUT2D eigenvalue weighted by Gasteiger charge is -2.31. The van der Waals surface area contributed by atoms with Gasteiger partial charge in [-0.3, -0.25) is 0 Å². The second kappa shape index (κ2) is 6.50. The monoisotopic (exact) mass is 269 g/mol. The highest BCUT2D eigenvalue weighted by Gasteiger charge is 2.21. The lowest BCUT2D eigenvalue weighted by atomic mass is 10.1. The van der Waals surface area contributed by atoms with E-state index in [9.17, 15) is 0 Å². The molecule has 18 heavy (non-hydrogen) atoms. The van der Waals surface area contributed by atoms with Gasteiger partial charge in [-0.1, -0.05) is 0 Å². The first-order valence-electron chi connectivity index (χ1n) is 6.71. The fraction of sp³-hybridized carbons (Fsp3) is 0.769. The maximum atomic E-state index is 5.81. The molecule has 0 atom stereocenters. The molecule has 1 aromatic heterocycles. The van der Waals surface area contributed by atoms with Gasteiger partial charge < -0.3 is 15.4 Å². The molecule has 0 aliphatic carbocycles. The van der Waals surface area contributed by atoms with Gasteiger partial charge in [0.05, 0.1) is 11.8 Å². The van der Waals surface area contributed by atoms with E-state index in [4.69, 9.17) is 10.5 Å². The first kappa shape index (κ1) is 13.8. The molecule has 102 valence electrons. The number of thiazole rings is 1. The highest BCUT2D eigenvalue weighted by atomic mass is 32.1. The van der Waals surface area contributed by atoms with Crippen molar-refractivity contribution < 1.29 is 4.74 Å². The molecule has 5 heteroatoms.